The Balaban J connectivity index is 2.53. The highest BCUT2D eigenvalue weighted by atomic mass is 15.3. The molecule has 0 aliphatic rings. The third kappa shape index (κ3) is 2.78. The maximum absolute atomic E-state index is 4.40. The lowest BCUT2D eigenvalue weighted by Crippen LogP contribution is -2.25. The van der Waals surface area contributed by atoms with Gasteiger partial charge in [0.05, 0.1) is 11.7 Å². The molecule has 0 aliphatic carbocycles. The van der Waals surface area contributed by atoms with Crippen LogP contribution in [-0.2, 0) is 12.0 Å². The van der Waals surface area contributed by atoms with E-state index in [0.717, 1.165) is 6.54 Å². The maximum Gasteiger partial charge on any atom is 0.0748 e. The van der Waals surface area contributed by atoms with E-state index in [2.05, 4.69) is 73.1 Å². The Morgan fingerprint density at radius 3 is 2.50 bits per heavy atom. The highest BCUT2D eigenvalue weighted by Gasteiger charge is 2.24. The molecule has 0 spiro atoms. The molecule has 1 heterocycles. The lowest BCUT2D eigenvalue weighted by molar-refractivity contribution is 0.537. The Hall–Kier alpha value is -1.61. The van der Waals surface area contributed by atoms with Crippen molar-refractivity contribution in [1.82, 2.24) is 15.1 Å². The fourth-order valence-corrected chi connectivity index (χ4v) is 2.75. The Labute approximate surface area is 122 Å². The van der Waals surface area contributed by atoms with Crippen LogP contribution >= 0.6 is 0 Å². The molecule has 0 amide bonds. The molecule has 1 aromatic carbocycles. The van der Waals surface area contributed by atoms with E-state index in [9.17, 15) is 0 Å². The predicted molar refractivity (Wildman–Crippen MR) is 83.9 cm³/mol. The number of benzene rings is 1. The molecule has 1 atom stereocenters. The largest absolute Gasteiger partial charge is 0.308 e. The van der Waals surface area contributed by atoms with Crippen molar-refractivity contribution in [3.8, 4) is 0 Å². The monoisotopic (exact) mass is 271 g/mol. The number of nitrogens with one attached hydrogen (secondary N) is 1. The Morgan fingerprint density at radius 1 is 1.20 bits per heavy atom. The molecule has 0 saturated carbocycles. The van der Waals surface area contributed by atoms with Crippen molar-refractivity contribution in [3.63, 3.8) is 0 Å². The van der Waals surface area contributed by atoms with Gasteiger partial charge in [-0.15, -0.1) is 0 Å². The normalized spacial score (nSPS) is 13.4. The topological polar surface area (TPSA) is 29.9 Å². The van der Waals surface area contributed by atoms with Crippen molar-refractivity contribution in [2.45, 2.75) is 45.7 Å². The van der Waals surface area contributed by atoms with Crippen LogP contribution in [0.1, 0.15) is 50.6 Å². The maximum atomic E-state index is 4.40. The second-order valence-corrected chi connectivity index (χ2v) is 6.13. The quantitative estimate of drug-likeness (QED) is 0.922. The van der Waals surface area contributed by atoms with E-state index in [1.54, 1.807) is 0 Å². The van der Waals surface area contributed by atoms with Crippen molar-refractivity contribution in [1.29, 1.82) is 0 Å². The molecule has 0 aliphatic heterocycles. The van der Waals surface area contributed by atoms with Gasteiger partial charge < -0.3 is 5.32 Å². The van der Waals surface area contributed by atoms with Gasteiger partial charge in [-0.3, -0.25) is 4.68 Å². The van der Waals surface area contributed by atoms with Crippen molar-refractivity contribution in [3.05, 3.63) is 53.3 Å². The van der Waals surface area contributed by atoms with E-state index in [1.165, 1.54) is 16.8 Å². The molecule has 3 nitrogen and oxygen atoms in total. The molecule has 2 aromatic rings. The third-order valence-corrected chi connectivity index (χ3v) is 3.71. The number of nitrogens with zero attached hydrogens (tertiary/aromatic N) is 2. The van der Waals surface area contributed by atoms with E-state index in [-0.39, 0.29) is 11.5 Å². The van der Waals surface area contributed by atoms with Crippen molar-refractivity contribution >= 4 is 0 Å². The molecule has 1 N–H and O–H groups in total. The van der Waals surface area contributed by atoms with Gasteiger partial charge in [0.2, 0.25) is 0 Å². The molecule has 0 fully saturated rings. The molecule has 3 heteroatoms. The summed E-state index contributed by atoms with van der Waals surface area (Å²) in [5, 5.41) is 7.84. The summed E-state index contributed by atoms with van der Waals surface area (Å²) in [6.45, 7) is 9.79. The summed E-state index contributed by atoms with van der Waals surface area (Å²) < 4.78 is 2.06. The van der Waals surface area contributed by atoms with Gasteiger partial charge in [-0.05, 0) is 36.6 Å². The second kappa shape index (κ2) is 5.80. The minimum Gasteiger partial charge on any atom is -0.308 e. The fourth-order valence-electron chi connectivity index (χ4n) is 2.75. The van der Waals surface area contributed by atoms with Gasteiger partial charge in [0.1, 0.15) is 0 Å². The van der Waals surface area contributed by atoms with E-state index in [4.69, 9.17) is 0 Å². The first kappa shape index (κ1) is 14.8. The smallest absolute Gasteiger partial charge is 0.0748 e. The van der Waals surface area contributed by atoms with E-state index in [1.807, 2.05) is 13.2 Å². The summed E-state index contributed by atoms with van der Waals surface area (Å²) in [5.41, 5.74) is 4.05. The average molecular weight is 271 g/mol. The zero-order valence-electron chi connectivity index (χ0n) is 13.1. The van der Waals surface area contributed by atoms with Crippen LogP contribution in [0.3, 0.4) is 0 Å². The average Bonchev–Trinajstić information content (AvgIpc) is 2.87. The summed E-state index contributed by atoms with van der Waals surface area (Å²) in [5.74, 6) is 0. The van der Waals surface area contributed by atoms with Gasteiger partial charge in [0.15, 0.2) is 0 Å². The standard InChI is InChI=1S/C17H25N3/c1-6-20-15(11-12-19-20)16(18-5)13-9-7-8-10-14(13)17(2,3)4/h7-12,16,18H,6H2,1-5H3. The van der Waals surface area contributed by atoms with Crippen molar-refractivity contribution in [2.75, 3.05) is 7.05 Å². The zero-order chi connectivity index (χ0) is 14.8. The Morgan fingerprint density at radius 2 is 1.90 bits per heavy atom. The molecule has 1 unspecified atom stereocenters. The van der Waals surface area contributed by atoms with Crippen LogP contribution in [0.2, 0.25) is 0 Å². The molecule has 0 bridgehead atoms. The number of hydrogen-bond acceptors (Lipinski definition) is 2. The van der Waals surface area contributed by atoms with E-state index >= 15 is 0 Å². The Kier molecular flexibility index (Phi) is 4.29. The lowest BCUT2D eigenvalue weighted by atomic mass is 9.81. The van der Waals surface area contributed by atoms with Crippen LogP contribution in [0, 0.1) is 0 Å². The molecule has 0 saturated heterocycles. The first-order valence-electron chi connectivity index (χ1n) is 7.27. The van der Waals surface area contributed by atoms with Crippen LogP contribution < -0.4 is 5.32 Å². The van der Waals surface area contributed by atoms with Gasteiger partial charge in [0.25, 0.3) is 0 Å². The van der Waals surface area contributed by atoms with Gasteiger partial charge in [-0.2, -0.15) is 5.10 Å². The molecular formula is C17H25N3. The van der Waals surface area contributed by atoms with Crippen LogP contribution in [0.25, 0.3) is 0 Å². The van der Waals surface area contributed by atoms with Gasteiger partial charge in [0, 0.05) is 12.7 Å². The number of aromatic nitrogens is 2. The van der Waals surface area contributed by atoms with Crippen LogP contribution in [0.5, 0.6) is 0 Å². The minimum absolute atomic E-state index is 0.128. The van der Waals surface area contributed by atoms with Crippen LogP contribution in [0.4, 0.5) is 0 Å². The molecule has 2 rings (SSSR count). The summed E-state index contributed by atoms with van der Waals surface area (Å²) >= 11 is 0. The first-order chi connectivity index (χ1) is 9.49. The highest BCUT2D eigenvalue weighted by molar-refractivity contribution is 5.39. The van der Waals surface area contributed by atoms with Crippen molar-refractivity contribution in [2.24, 2.45) is 0 Å². The minimum atomic E-state index is 0.128. The summed E-state index contributed by atoms with van der Waals surface area (Å²) in [7, 11) is 2.01. The van der Waals surface area contributed by atoms with Gasteiger partial charge in [-0.1, -0.05) is 45.0 Å². The van der Waals surface area contributed by atoms with E-state index in [0.29, 0.717) is 0 Å². The SMILES string of the molecule is CCn1nccc1C(NC)c1ccccc1C(C)(C)C. The zero-order valence-corrected chi connectivity index (χ0v) is 13.1. The molecular weight excluding hydrogens is 246 g/mol. The molecule has 0 radical (unpaired) electrons. The highest BCUT2D eigenvalue weighted by Crippen LogP contribution is 2.32. The van der Waals surface area contributed by atoms with Gasteiger partial charge in [-0.25, -0.2) is 0 Å². The predicted octanol–water partition coefficient (Wildman–Crippen LogP) is 3.51. The van der Waals surface area contributed by atoms with Crippen molar-refractivity contribution < 1.29 is 0 Å². The Bertz CT molecular complexity index is 564. The van der Waals surface area contributed by atoms with Gasteiger partial charge >= 0.3 is 0 Å². The van der Waals surface area contributed by atoms with Crippen LogP contribution in [0.15, 0.2) is 36.5 Å². The molecule has 1 aromatic heterocycles. The lowest BCUT2D eigenvalue weighted by Gasteiger charge is -2.27. The number of aryl methyl sites for hydroxylation is 1. The molecule has 108 valence electrons. The third-order valence-electron chi connectivity index (χ3n) is 3.71. The summed E-state index contributed by atoms with van der Waals surface area (Å²) in [6, 6.07) is 11.0. The number of rotatable bonds is 4. The summed E-state index contributed by atoms with van der Waals surface area (Å²) in [4.78, 5) is 0. The fraction of sp³-hybridized carbons (Fsp3) is 0.471. The van der Waals surface area contributed by atoms with E-state index < -0.39 is 0 Å². The van der Waals surface area contributed by atoms with Crippen LogP contribution in [-0.4, -0.2) is 16.8 Å². The first-order valence-corrected chi connectivity index (χ1v) is 7.27. The second-order valence-electron chi connectivity index (χ2n) is 6.13. The number of hydrogen-bond donors (Lipinski definition) is 1. The molecule has 20 heavy (non-hydrogen) atoms. The summed E-state index contributed by atoms with van der Waals surface area (Å²) in [6.07, 6.45) is 1.88.